The minimum Gasteiger partial charge on any atom is -0.343 e. The Balaban J connectivity index is 2.05. The number of nitrogens with zero attached hydrogens (tertiary/aromatic N) is 3. The van der Waals surface area contributed by atoms with Crippen LogP contribution in [-0.2, 0) is 13.0 Å². The average Bonchev–Trinajstić information content (AvgIpc) is 2.75. The fourth-order valence-electron chi connectivity index (χ4n) is 3.64. The lowest BCUT2D eigenvalue weighted by Crippen LogP contribution is -2.22. The SMILES string of the molecule is CN(C)CCn1c2c3c4c(cc(F)cc41)C(=O)NN=C3CCC2. The van der Waals surface area contributed by atoms with Gasteiger partial charge in [-0.1, -0.05) is 0 Å². The molecule has 2 aliphatic rings. The molecule has 1 aliphatic heterocycles. The zero-order chi connectivity index (χ0) is 16.1. The summed E-state index contributed by atoms with van der Waals surface area (Å²) in [6.45, 7) is 1.64. The fraction of sp³-hybridized carbons (Fsp3) is 0.412. The molecule has 2 aromatic rings. The highest BCUT2D eigenvalue weighted by molar-refractivity contribution is 6.20. The summed E-state index contributed by atoms with van der Waals surface area (Å²) in [7, 11) is 4.04. The van der Waals surface area contributed by atoms with Gasteiger partial charge in [0.05, 0.1) is 16.8 Å². The van der Waals surface area contributed by atoms with Crippen molar-refractivity contribution >= 4 is 22.5 Å². The van der Waals surface area contributed by atoms with Gasteiger partial charge in [0.15, 0.2) is 0 Å². The van der Waals surface area contributed by atoms with E-state index in [0.717, 1.165) is 54.5 Å². The average molecular weight is 314 g/mol. The normalized spacial score (nSPS) is 16.5. The van der Waals surface area contributed by atoms with E-state index in [-0.39, 0.29) is 11.7 Å². The Hall–Kier alpha value is -2.21. The highest BCUT2D eigenvalue weighted by Gasteiger charge is 2.30. The molecule has 1 amide bonds. The molecule has 2 heterocycles. The highest BCUT2D eigenvalue weighted by Crippen LogP contribution is 2.36. The van der Waals surface area contributed by atoms with Gasteiger partial charge < -0.3 is 9.47 Å². The Morgan fingerprint density at radius 1 is 1.35 bits per heavy atom. The molecular formula is C17H19FN4O. The van der Waals surface area contributed by atoms with Crippen molar-refractivity contribution in [3.05, 3.63) is 34.8 Å². The molecule has 120 valence electrons. The molecular weight excluding hydrogens is 295 g/mol. The van der Waals surface area contributed by atoms with Crippen molar-refractivity contribution in [3.8, 4) is 0 Å². The van der Waals surface area contributed by atoms with Crippen molar-refractivity contribution in [2.75, 3.05) is 20.6 Å². The Kier molecular flexibility index (Phi) is 3.23. The first kappa shape index (κ1) is 14.4. The summed E-state index contributed by atoms with van der Waals surface area (Å²) < 4.78 is 16.3. The maximum absolute atomic E-state index is 14.1. The number of carbonyl (C=O) groups excluding carboxylic acids is 1. The van der Waals surface area contributed by atoms with E-state index in [2.05, 4.69) is 20.0 Å². The van der Waals surface area contributed by atoms with Crippen LogP contribution in [0.2, 0.25) is 0 Å². The van der Waals surface area contributed by atoms with Gasteiger partial charge in [0, 0.05) is 29.7 Å². The van der Waals surface area contributed by atoms with Crippen LogP contribution in [0.5, 0.6) is 0 Å². The third-order valence-corrected chi connectivity index (χ3v) is 4.66. The quantitative estimate of drug-likeness (QED) is 0.943. The van der Waals surface area contributed by atoms with E-state index in [1.807, 2.05) is 14.1 Å². The van der Waals surface area contributed by atoms with Gasteiger partial charge in [0.1, 0.15) is 5.82 Å². The number of likely N-dealkylation sites (N-methyl/N-ethyl adjacent to an activating group) is 1. The maximum atomic E-state index is 14.1. The van der Waals surface area contributed by atoms with E-state index in [4.69, 9.17) is 0 Å². The number of benzene rings is 1. The molecule has 0 saturated carbocycles. The lowest BCUT2D eigenvalue weighted by molar-refractivity contribution is 0.0956. The Labute approximate surface area is 133 Å². The van der Waals surface area contributed by atoms with Crippen LogP contribution < -0.4 is 5.43 Å². The van der Waals surface area contributed by atoms with Crippen LogP contribution in [0.4, 0.5) is 4.39 Å². The van der Waals surface area contributed by atoms with Gasteiger partial charge in [-0.05, 0) is 45.5 Å². The Bertz CT molecular complexity index is 850. The van der Waals surface area contributed by atoms with Crippen LogP contribution in [0, 0.1) is 5.82 Å². The van der Waals surface area contributed by atoms with Crippen molar-refractivity contribution < 1.29 is 9.18 Å². The second-order valence-corrected chi connectivity index (χ2v) is 6.48. The standard InChI is InChI=1S/C17H19FN4O/c1-21(2)6-7-22-13-5-3-4-12-16(13)15-11(17(23)20-19-12)8-10(18)9-14(15)22/h8-9H,3-7H2,1-2H3,(H,20,23). The maximum Gasteiger partial charge on any atom is 0.272 e. The van der Waals surface area contributed by atoms with Crippen molar-refractivity contribution in [1.29, 1.82) is 0 Å². The van der Waals surface area contributed by atoms with Crippen molar-refractivity contribution in [2.24, 2.45) is 5.10 Å². The topological polar surface area (TPSA) is 49.6 Å². The summed E-state index contributed by atoms with van der Waals surface area (Å²) in [4.78, 5) is 14.4. The third-order valence-electron chi connectivity index (χ3n) is 4.66. The number of hydrogen-bond acceptors (Lipinski definition) is 3. The molecule has 1 aromatic heterocycles. The third kappa shape index (κ3) is 2.16. The molecule has 1 N–H and O–H groups in total. The minimum atomic E-state index is -0.382. The van der Waals surface area contributed by atoms with Crippen LogP contribution in [-0.4, -0.2) is 41.7 Å². The molecule has 0 radical (unpaired) electrons. The van der Waals surface area contributed by atoms with E-state index >= 15 is 0 Å². The molecule has 0 unspecified atom stereocenters. The molecule has 23 heavy (non-hydrogen) atoms. The number of hydrazone groups is 1. The number of amides is 1. The van der Waals surface area contributed by atoms with Gasteiger partial charge >= 0.3 is 0 Å². The molecule has 5 nitrogen and oxygen atoms in total. The van der Waals surface area contributed by atoms with Crippen LogP contribution in [0.15, 0.2) is 17.2 Å². The van der Waals surface area contributed by atoms with E-state index < -0.39 is 0 Å². The van der Waals surface area contributed by atoms with Gasteiger partial charge in [-0.2, -0.15) is 5.10 Å². The van der Waals surface area contributed by atoms with E-state index in [9.17, 15) is 9.18 Å². The smallest absolute Gasteiger partial charge is 0.272 e. The van der Waals surface area contributed by atoms with Gasteiger partial charge in [-0.3, -0.25) is 4.79 Å². The second kappa shape index (κ2) is 5.16. The lowest BCUT2D eigenvalue weighted by atomic mass is 9.92. The molecule has 0 bridgehead atoms. The number of rotatable bonds is 3. The monoisotopic (exact) mass is 314 g/mol. The summed E-state index contributed by atoms with van der Waals surface area (Å²) >= 11 is 0. The van der Waals surface area contributed by atoms with Crippen LogP contribution in [0.1, 0.15) is 34.5 Å². The first-order chi connectivity index (χ1) is 11.1. The molecule has 0 atom stereocenters. The molecule has 0 spiro atoms. The van der Waals surface area contributed by atoms with Gasteiger partial charge in [0.2, 0.25) is 0 Å². The van der Waals surface area contributed by atoms with Crippen LogP contribution >= 0.6 is 0 Å². The first-order valence-corrected chi connectivity index (χ1v) is 7.93. The van der Waals surface area contributed by atoms with Crippen molar-refractivity contribution in [1.82, 2.24) is 14.9 Å². The summed E-state index contributed by atoms with van der Waals surface area (Å²) in [5.41, 5.74) is 6.89. The number of aromatic nitrogens is 1. The highest BCUT2D eigenvalue weighted by atomic mass is 19.1. The molecule has 6 heteroatoms. The summed E-state index contributed by atoms with van der Waals surface area (Å²) in [6.07, 6.45) is 2.78. The van der Waals surface area contributed by atoms with E-state index in [0.29, 0.717) is 5.56 Å². The Morgan fingerprint density at radius 2 is 2.17 bits per heavy atom. The number of carbonyl (C=O) groups is 1. The molecule has 1 aliphatic carbocycles. The van der Waals surface area contributed by atoms with Gasteiger partial charge in [-0.15, -0.1) is 0 Å². The van der Waals surface area contributed by atoms with Gasteiger partial charge in [0.25, 0.3) is 5.91 Å². The predicted molar refractivity (Wildman–Crippen MR) is 87.4 cm³/mol. The lowest BCUT2D eigenvalue weighted by Gasteiger charge is -2.18. The zero-order valence-corrected chi connectivity index (χ0v) is 13.3. The van der Waals surface area contributed by atoms with Crippen LogP contribution in [0.25, 0.3) is 10.9 Å². The molecule has 0 fully saturated rings. The van der Waals surface area contributed by atoms with Crippen molar-refractivity contribution in [3.63, 3.8) is 0 Å². The van der Waals surface area contributed by atoms with Crippen molar-refractivity contribution in [2.45, 2.75) is 25.8 Å². The van der Waals surface area contributed by atoms with Crippen LogP contribution in [0.3, 0.4) is 0 Å². The fourth-order valence-corrected chi connectivity index (χ4v) is 3.64. The molecule has 4 rings (SSSR count). The second-order valence-electron chi connectivity index (χ2n) is 6.48. The number of nitrogens with one attached hydrogen (secondary N) is 1. The molecule has 1 aromatic carbocycles. The van der Waals surface area contributed by atoms with E-state index in [1.54, 1.807) is 6.07 Å². The largest absolute Gasteiger partial charge is 0.343 e. The van der Waals surface area contributed by atoms with Gasteiger partial charge in [-0.25, -0.2) is 9.82 Å². The molecule has 0 saturated heterocycles. The minimum absolute atomic E-state index is 0.330. The predicted octanol–water partition coefficient (Wildman–Crippen LogP) is 2.13. The first-order valence-electron chi connectivity index (χ1n) is 7.93. The zero-order valence-electron chi connectivity index (χ0n) is 13.3. The summed E-state index contributed by atoms with van der Waals surface area (Å²) in [6, 6.07) is 2.87. The Morgan fingerprint density at radius 3 is 2.96 bits per heavy atom. The summed E-state index contributed by atoms with van der Waals surface area (Å²) in [5.74, 6) is -0.712. The summed E-state index contributed by atoms with van der Waals surface area (Å²) in [5, 5.41) is 5.14. The van der Waals surface area contributed by atoms with E-state index in [1.165, 1.54) is 11.8 Å². The number of halogens is 1. The number of hydrogen-bond donors (Lipinski definition) is 1.